The summed E-state index contributed by atoms with van der Waals surface area (Å²) in [5.41, 5.74) is 2.29. The average molecular weight is 274 g/mol. The molecule has 0 N–H and O–H groups in total. The van der Waals surface area contributed by atoms with Crippen molar-refractivity contribution in [3.63, 3.8) is 0 Å². The topological polar surface area (TPSA) is 26.3 Å². The molecular weight excluding hydrogens is 248 g/mol. The summed E-state index contributed by atoms with van der Waals surface area (Å²) in [5, 5.41) is 0. The Morgan fingerprint density at radius 2 is 1.80 bits per heavy atom. The Bertz CT molecular complexity index is 477. The van der Waals surface area contributed by atoms with Gasteiger partial charge in [0.15, 0.2) is 0 Å². The van der Waals surface area contributed by atoms with Crippen molar-refractivity contribution in [2.24, 2.45) is 5.92 Å². The van der Waals surface area contributed by atoms with Gasteiger partial charge in [0.1, 0.15) is 5.75 Å². The molecule has 0 heterocycles. The van der Waals surface area contributed by atoms with Gasteiger partial charge in [0.05, 0.1) is 5.92 Å². The second kappa shape index (κ2) is 5.99. The molecule has 1 fully saturated rings. The molecule has 2 rings (SSSR count). The second-order valence-electron chi connectivity index (χ2n) is 7.01. The van der Waals surface area contributed by atoms with Crippen LogP contribution >= 0.6 is 0 Å². The van der Waals surface area contributed by atoms with Crippen LogP contribution in [0.1, 0.15) is 64.0 Å². The minimum atomic E-state index is -0.0425. The van der Waals surface area contributed by atoms with E-state index in [1.165, 1.54) is 12.0 Å². The molecule has 1 aromatic rings. The van der Waals surface area contributed by atoms with Crippen LogP contribution in [0.2, 0.25) is 0 Å². The summed E-state index contributed by atoms with van der Waals surface area (Å²) >= 11 is 0. The zero-order valence-electron chi connectivity index (χ0n) is 13.2. The number of hydrogen-bond acceptors (Lipinski definition) is 2. The number of carbonyl (C=O) groups is 1. The van der Waals surface area contributed by atoms with Gasteiger partial charge >= 0.3 is 5.97 Å². The monoisotopic (exact) mass is 274 g/mol. The third kappa shape index (κ3) is 3.62. The van der Waals surface area contributed by atoms with E-state index in [1.54, 1.807) is 0 Å². The fourth-order valence-corrected chi connectivity index (χ4v) is 2.85. The molecule has 1 aliphatic rings. The molecule has 2 heteroatoms. The van der Waals surface area contributed by atoms with Crippen molar-refractivity contribution >= 4 is 5.97 Å². The fraction of sp³-hybridized carbons (Fsp3) is 0.611. The summed E-state index contributed by atoms with van der Waals surface area (Å²) in [4.78, 5) is 12.3. The number of hydrogen-bond donors (Lipinski definition) is 0. The number of esters is 1. The minimum absolute atomic E-state index is 0.0196. The molecule has 0 spiro atoms. The van der Waals surface area contributed by atoms with Crippen molar-refractivity contribution in [1.82, 2.24) is 0 Å². The van der Waals surface area contributed by atoms with Gasteiger partial charge in [-0.25, -0.2) is 0 Å². The zero-order valence-corrected chi connectivity index (χ0v) is 13.2. The van der Waals surface area contributed by atoms with Gasteiger partial charge in [-0.15, -0.1) is 0 Å². The molecule has 2 nitrogen and oxygen atoms in total. The Morgan fingerprint density at radius 3 is 2.40 bits per heavy atom. The van der Waals surface area contributed by atoms with Crippen LogP contribution in [0, 0.1) is 12.8 Å². The molecule has 1 saturated carbocycles. The molecule has 0 amide bonds. The van der Waals surface area contributed by atoms with Crippen LogP contribution in [0.25, 0.3) is 0 Å². The lowest BCUT2D eigenvalue weighted by atomic mass is 9.85. The smallest absolute Gasteiger partial charge is 0.314 e. The van der Waals surface area contributed by atoms with Crippen molar-refractivity contribution < 1.29 is 9.53 Å². The van der Waals surface area contributed by atoms with E-state index in [0.29, 0.717) is 0 Å². The van der Waals surface area contributed by atoms with Gasteiger partial charge in [-0.3, -0.25) is 4.79 Å². The van der Waals surface area contributed by atoms with Gasteiger partial charge in [0, 0.05) is 5.56 Å². The first-order valence-electron chi connectivity index (χ1n) is 7.71. The average Bonchev–Trinajstić information content (AvgIpc) is 2.40. The van der Waals surface area contributed by atoms with E-state index in [0.717, 1.165) is 37.0 Å². The second-order valence-corrected chi connectivity index (χ2v) is 7.01. The SMILES string of the molecule is Cc1ccc(OC(=O)C2CCCCC2)c(C(C)(C)C)c1. The normalized spacial score (nSPS) is 17.0. The van der Waals surface area contributed by atoms with Gasteiger partial charge in [0.2, 0.25) is 0 Å². The zero-order chi connectivity index (χ0) is 14.8. The fourth-order valence-electron chi connectivity index (χ4n) is 2.85. The highest BCUT2D eigenvalue weighted by molar-refractivity contribution is 5.75. The van der Waals surface area contributed by atoms with Crippen molar-refractivity contribution in [3.8, 4) is 5.75 Å². The summed E-state index contributed by atoms with van der Waals surface area (Å²) in [6.45, 7) is 8.53. The van der Waals surface area contributed by atoms with E-state index in [2.05, 4.69) is 33.8 Å². The molecular formula is C18H26O2. The maximum Gasteiger partial charge on any atom is 0.314 e. The molecule has 110 valence electrons. The molecule has 0 aromatic heterocycles. The number of ether oxygens (including phenoxy) is 1. The maximum absolute atomic E-state index is 12.3. The number of aryl methyl sites for hydroxylation is 1. The van der Waals surface area contributed by atoms with E-state index in [4.69, 9.17) is 4.74 Å². The largest absolute Gasteiger partial charge is 0.426 e. The van der Waals surface area contributed by atoms with E-state index in [1.807, 2.05) is 12.1 Å². The summed E-state index contributed by atoms with van der Waals surface area (Å²) in [6.07, 6.45) is 5.52. The van der Waals surface area contributed by atoms with Crippen LogP contribution in [0.5, 0.6) is 5.75 Å². The molecule has 1 aliphatic carbocycles. The molecule has 1 aromatic carbocycles. The van der Waals surface area contributed by atoms with Gasteiger partial charge in [-0.1, -0.05) is 57.7 Å². The lowest BCUT2D eigenvalue weighted by molar-refractivity contribution is -0.140. The van der Waals surface area contributed by atoms with E-state index in [-0.39, 0.29) is 17.3 Å². The lowest BCUT2D eigenvalue weighted by Crippen LogP contribution is -2.24. The van der Waals surface area contributed by atoms with Crippen LogP contribution in [0.4, 0.5) is 0 Å². The highest BCUT2D eigenvalue weighted by Gasteiger charge is 2.26. The summed E-state index contributed by atoms with van der Waals surface area (Å²) in [5.74, 6) is 0.788. The van der Waals surface area contributed by atoms with E-state index >= 15 is 0 Å². The predicted octanol–water partition coefficient (Wildman–Crippen LogP) is 4.78. The van der Waals surface area contributed by atoms with Crippen molar-refractivity contribution in [1.29, 1.82) is 0 Å². The highest BCUT2D eigenvalue weighted by Crippen LogP contribution is 2.33. The van der Waals surface area contributed by atoms with Gasteiger partial charge in [-0.05, 0) is 31.2 Å². The third-order valence-corrected chi connectivity index (χ3v) is 4.09. The highest BCUT2D eigenvalue weighted by atomic mass is 16.5. The first-order valence-corrected chi connectivity index (χ1v) is 7.71. The molecule has 0 radical (unpaired) electrons. The summed E-state index contributed by atoms with van der Waals surface area (Å²) in [7, 11) is 0. The summed E-state index contributed by atoms with van der Waals surface area (Å²) < 4.78 is 5.73. The molecule has 0 atom stereocenters. The molecule has 0 bridgehead atoms. The Kier molecular flexibility index (Phi) is 4.52. The van der Waals surface area contributed by atoms with E-state index < -0.39 is 0 Å². The van der Waals surface area contributed by atoms with Gasteiger partial charge in [0.25, 0.3) is 0 Å². The lowest BCUT2D eigenvalue weighted by Gasteiger charge is -2.25. The molecule has 0 saturated heterocycles. The quantitative estimate of drug-likeness (QED) is 0.573. The van der Waals surface area contributed by atoms with E-state index in [9.17, 15) is 4.79 Å². The first-order chi connectivity index (χ1) is 9.38. The van der Waals surface area contributed by atoms with Gasteiger partial charge < -0.3 is 4.74 Å². The number of carbonyl (C=O) groups excluding carboxylic acids is 1. The Hall–Kier alpha value is -1.31. The Labute approximate surface area is 122 Å². The Morgan fingerprint density at radius 1 is 1.15 bits per heavy atom. The first kappa shape index (κ1) is 15.1. The van der Waals surface area contributed by atoms with Gasteiger partial charge in [-0.2, -0.15) is 0 Å². The Balaban J connectivity index is 2.18. The van der Waals surface area contributed by atoms with Crippen molar-refractivity contribution in [3.05, 3.63) is 29.3 Å². The third-order valence-electron chi connectivity index (χ3n) is 4.09. The number of benzene rings is 1. The molecule has 0 aliphatic heterocycles. The minimum Gasteiger partial charge on any atom is -0.426 e. The maximum atomic E-state index is 12.3. The number of rotatable bonds is 2. The van der Waals surface area contributed by atoms with Crippen molar-refractivity contribution in [2.45, 2.75) is 65.2 Å². The van der Waals surface area contributed by atoms with Crippen LogP contribution in [-0.4, -0.2) is 5.97 Å². The molecule has 20 heavy (non-hydrogen) atoms. The standard InChI is InChI=1S/C18H26O2/c1-13-10-11-16(15(12-13)18(2,3)4)20-17(19)14-8-6-5-7-9-14/h10-12,14H,5-9H2,1-4H3. The van der Waals surface area contributed by atoms with Crippen LogP contribution in [0.15, 0.2) is 18.2 Å². The van der Waals surface area contributed by atoms with Crippen LogP contribution < -0.4 is 4.74 Å². The van der Waals surface area contributed by atoms with Crippen molar-refractivity contribution in [2.75, 3.05) is 0 Å². The van der Waals surface area contributed by atoms with Crippen LogP contribution in [0.3, 0.4) is 0 Å². The predicted molar refractivity (Wildman–Crippen MR) is 82.1 cm³/mol. The summed E-state index contributed by atoms with van der Waals surface area (Å²) in [6, 6.07) is 6.08. The molecule has 0 unspecified atom stereocenters. The van der Waals surface area contributed by atoms with Crippen LogP contribution in [-0.2, 0) is 10.2 Å².